The standard InChI is InChI=1S/C21H19F2N3O3S/c1-12-10-13(2)25-21(24-12)30-16-7-5-15(6-8-16)26-19(27)14-4-9-17(29-20(22)23)18(11-14)28-3/h4-11,20H,1-3H3,(H,26,27). The predicted molar refractivity (Wildman–Crippen MR) is 110 cm³/mol. The van der Waals surface area contributed by atoms with Crippen LogP contribution in [-0.4, -0.2) is 29.6 Å². The molecule has 0 atom stereocenters. The van der Waals surface area contributed by atoms with Crippen LogP contribution in [0.5, 0.6) is 11.5 Å². The molecule has 1 aromatic heterocycles. The highest BCUT2D eigenvalue weighted by Gasteiger charge is 2.14. The lowest BCUT2D eigenvalue weighted by atomic mass is 10.2. The number of anilines is 1. The lowest BCUT2D eigenvalue weighted by Gasteiger charge is -2.12. The van der Waals surface area contributed by atoms with Gasteiger partial charge < -0.3 is 14.8 Å². The summed E-state index contributed by atoms with van der Waals surface area (Å²) in [6.07, 6.45) is 0. The molecule has 0 radical (unpaired) electrons. The molecule has 1 heterocycles. The van der Waals surface area contributed by atoms with Crippen molar-refractivity contribution in [2.75, 3.05) is 12.4 Å². The first-order valence-corrected chi connectivity index (χ1v) is 9.70. The van der Waals surface area contributed by atoms with Crippen molar-refractivity contribution < 1.29 is 23.0 Å². The minimum absolute atomic E-state index is 0.0446. The third-order valence-corrected chi connectivity index (χ3v) is 4.80. The van der Waals surface area contributed by atoms with Gasteiger partial charge in [-0.05, 0) is 74.1 Å². The number of halogens is 2. The van der Waals surface area contributed by atoms with Crippen LogP contribution in [0, 0.1) is 13.8 Å². The van der Waals surface area contributed by atoms with Crippen LogP contribution < -0.4 is 14.8 Å². The van der Waals surface area contributed by atoms with E-state index in [-0.39, 0.29) is 17.1 Å². The Morgan fingerprint density at radius 2 is 1.67 bits per heavy atom. The van der Waals surface area contributed by atoms with E-state index >= 15 is 0 Å². The molecule has 0 unspecified atom stereocenters. The molecular weight excluding hydrogens is 412 g/mol. The Bertz CT molecular complexity index is 1030. The van der Waals surface area contributed by atoms with Crippen molar-refractivity contribution >= 4 is 23.4 Å². The summed E-state index contributed by atoms with van der Waals surface area (Å²) < 4.78 is 34.2. The zero-order valence-electron chi connectivity index (χ0n) is 16.5. The summed E-state index contributed by atoms with van der Waals surface area (Å²) >= 11 is 1.42. The van der Waals surface area contributed by atoms with Crippen molar-refractivity contribution in [3.05, 3.63) is 65.5 Å². The molecule has 0 saturated carbocycles. The number of hydrogen-bond donors (Lipinski definition) is 1. The third-order valence-electron chi connectivity index (χ3n) is 3.92. The molecule has 6 nitrogen and oxygen atoms in total. The van der Waals surface area contributed by atoms with Crippen molar-refractivity contribution in [2.24, 2.45) is 0 Å². The number of amides is 1. The van der Waals surface area contributed by atoms with Crippen molar-refractivity contribution in [3.8, 4) is 11.5 Å². The van der Waals surface area contributed by atoms with Gasteiger partial charge in [-0.2, -0.15) is 8.78 Å². The highest BCUT2D eigenvalue weighted by atomic mass is 32.2. The van der Waals surface area contributed by atoms with Gasteiger partial charge >= 0.3 is 6.61 Å². The van der Waals surface area contributed by atoms with Gasteiger partial charge in [-0.3, -0.25) is 4.79 Å². The van der Waals surface area contributed by atoms with Crippen LogP contribution >= 0.6 is 11.8 Å². The average Bonchev–Trinajstić information content (AvgIpc) is 2.68. The van der Waals surface area contributed by atoms with E-state index in [4.69, 9.17) is 4.74 Å². The van der Waals surface area contributed by atoms with E-state index in [9.17, 15) is 13.6 Å². The zero-order chi connectivity index (χ0) is 21.7. The minimum atomic E-state index is -2.98. The molecule has 2 aromatic carbocycles. The van der Waals surface area contributed by atoms with E-state index in [0.717, 1.165) is 16.3 Å². The van der Waals surface area contributed by atoms with Crippen LogP contribution in [0.1, 0.15) is 21.7 Å². The van der Waals surface area contributed by atoms with Crippen molar-refractivity contribution in [2.45, 2.75) is 30.5 Å². The summed E-state index contributed by atoms with van der Waals surface area (Å²) in [6.45, 7) is 0.848. The van der Waals surface area contributed by atoms with Crippen molar-refractivity contribution in [1.29, 1.82) is 0 Å². The predicted octanol–water partition coefficient (Wildman–Crippen LogP) is 5.11. The lowest BCUT2D eigenvalue weighted by molar-refractivity contribution is -0.0512. The number of hydrogen-bond acceptors (Lipinski definition) is 6. The molecule has 0 aliphatic heterocycles. The van der Waals surface area contributed by atoms with Gasteiger partial charge in [0.25, 0.3) is 5.91 Å². The monoisotopic (exact) mass is 431 g/mol. The molecule has 0 fully saturated rings. The maximum atomic E-state index is 12.5. The van der Waals surface area contributed by atoms with E-state index in [1.54, 1.807) is 12.1 Å². The fraction of sp³-hybridized carbons (Fsp3) is 0.190. The summed E-state index contributed by atoms with van der Waals surface area (Å²) in [5.74, 6) is -0.503. The highest BCUT2D eigenvalue weighted by molar-refractivity contribution is 7.99. The Morgan fingerprint density at radius 3 is 2.27 bits per heavy atom. The lowest BCUT2D eigenvalue weighted by Crippen LogP contribution is -2.12. The van der Waals surface area contributed by atoms with Gasteiger partial charge in [0.2, 0.25) is 0 Å². The molecule has 0 saturated heterocycles. The van der Waals surface area contributed by atoms with E-state index in [1.807, 2.05) is 32.0 Å². The number of ether oxygens (including phenoxy) is 2. The third kappa shape index (κ3) is 5.66. The Labute approximate surface area is 176 Å². The van der Waals surface area contributed by atoms with Gasteiger partial charge in [-0.1, -0.05) is 0 Å². The number of carbonyl (C=O) groups excluding carboxylic acids is 1. The number of aryl methyl sites for hydroxylation is 2. The van der Waals surface area contributed by atoms with Gasteiger partial charge in [-0.25, -0.2) is 9.97 Å². The number of benzene rings is 2. The Kier molecular flexibility index (Phi) is 6.83. The molecule has 1 amide bonds. The molecule has 0 aliphatic carbocycles. The number of methoxy groups -OCH3 is 1. The Hall–Kier alpha value is -3.20. The molecule has 156 valence electrons. The first-order chi connectivity index (χ1) is 14.3. The van der Waals surface area contributed by atoms with Crippen molar-refractivity contribution in [1.82, 2.24) is 9.97 Å². The van der Waals surface area contributed by atoms with Gasteiger partial charge in [0.1, 0.15) is 0 Å². The zero-order valence-corrected chi connectivity index (χ0v) is 17.3. The highest BCUT2D eigenvalue weighted by Crippen LogP contribution is 2.30. The van der Waals surface area contributed by atoms with E-state index < -0.39 is 12.5 Å². The summed E-state index contributed by atoms with van der Waals surface area (Å²) in [5.41, 5.74) is 2.62. The number of alkyl halides is 2. The smallest absolute Gasteiger partial charge is 0.387 e. The van der Waals surface area contributed by atoms with Gasteiger partial charge in [-0.15, -0.1) is 0 Å². The molecule has 0 aliphatic rings. The van der Waals surface area contributed by atoms with E-state index in [1.165, 1.54) is 37.1 Å². The molecule has 30 heavy (non-hydrogen) atoms. The minimum Gasteiger partial charge on any atom is -0.493 e. The number of carbonyl (C=O) groups is 1. The van der Waals surface area contributed by atoms with Crippen LogP contribution in [0.4, 0.5) is 14.5 Å². The Balaban J connectivity index is 1.68. The maximum absolute atomic E-state index is 12.5. The molecule has 3 aromatic rings. The quantitative estimate of drug-likeness (QED) is 0.524. The van der Waals surface area contributed by atoms with E-state index in [0.29, 0.717) is 10.8 Å². The molecule has 3 rings (SSSR count). The second-order valence-electron chi connectivity index (χ2n) is 6.26. The maximum Gasteiger partial charge on any atom is 0.387 e. The van der Waals surface area contributed by atoms with Crippen LogP contribution in [-0.2, 0) is 0 Å². The number of nitrogens with one attached hydrogen (secondary N) is 1. The van der Waals surface area contributed by atoms with Crippen LogP contribution in [0.3, 0.4) is 0 Å². The average molecular weight is 431 g/mol. The van der Waals surface area contributed by atoms with Gasteiger partial charge in [0.15, 0.2) is 16.7 Å². The number of rotatable bonds is 7. The number of nitrogens with zero attached hydrogens (tertiary/aromatic N) is 2. The fourth-order valence-corrected chi connectivity index (χ4v) is 3.52. The van der Waals surface area contributed by atoms with Crippen molar-refractivity contribution in [3.63, 3.8) is 0 Å². The second kappa shape index (κ2) is 9.53. The van der Waals surface area contributed by atoms with Gasteiger partial charge in [0.05, 0.1) is 7.11 Å². The molecule has 0 bridgehead atoms. The topological polar surface area (TPSA) is 73.3 Å². The second-order valence-corrected chi connectivity index (χ2v) is 7.30. The summed E-state index contributed by atoms with van der Waals surface area (Å²) in [5, 5.41) is 3.41. The van der Waals surface area contributed by atoms with E-state index in [2.05, 4.69) is 20.0 Å². The summed E-state index contributed by atoms with van der Waals surface area (Å²) in [7, 11) is 1.31. The fourth-order valence-electron chi connectivity index (χ4n) is 2.66. The molecule has 1 N–H and O–H groups in total. The normalized spacial score (nSPS) is 10.7. The van der Waals surface area contributed by atoms with Crippen LogP contribution in [0.25, 0.3) is 0 Å². The summed E-state index contributed by atoms with van der Waals surface area (Å²) in [6, 6.07) is 13.1. The molecule has 0 spiro atoms. The first kappa shape index (κ1) is 21.5. The summed E-state index contributed by atoms with van der Waals surface area (Å²) in [4.78, 5) is 22.2. The number of aromatic nitrogens is 2. The Morgan fingerprint density at radius 1 is 1.00 bits per heavy atom. The first-order valence-electron chi connectivity index (χ1n) is 8.88. The SMILES string of the molecule is COc1cc(C(=O)Nc2ccc(Sc3nc(C)cc(C)n3)cc2)ccc1OC(F)F. The molecule has 9 heteroatoms. The van der Waals surface area contributed by atoms with Crippen LogP contribution in [0.15, 0.2) is 58.6 Å². The largest absolute Gasteiger partial charge is 0.493 e. The van der Waals surface area contributed by atoms with Gasteiger partial charge in [0, 0.05) is 27.5 Å². The van der Waals surface area contributed by atoms with Crippen LogP contribution in [0.2, 0.25) is 0 Å². The molecular formula is C21H19F2N3O3S.